The van der Waals surface area contributed by atoms with Crippen molar-refractivity contribution in [2.24, 2.45) is 24.3 Å². The fraction of sp³-hybridized carbons (Fsp3) is 0.333. The molecular weight excluding hydrogens is 430 g/mol. The monoisotopic (exact) mass is 451 g/mol. The first-order chi connectivity index (χ1) is 12.6. The molecule has 0 amide bonds. The number of anilines is 1. The minimum atomic E-state index is 0. The molecule has 0 saturated heterocycles. The van der Waals surface area contributed by atoms with Gasteiger partial charge >= 0.3 is 0 Å². The summed E-state index contributed by atoms with van der Waals surface area (Å²) in [6.45, 7) is 4.85. The maximum Gasteiger partial charge on any atom is 0.249 e. The summed E-state index contributed by atoms with van der Waals surface area (Å²) >= 11 is 6.41. The molecule has 3 aromatic rings. The average Bonchev–Trinajstić information content (AvgIpc) is 3.23. The van der Waals surface area contributed by atoms with Crippen LogP contribution in [-0.4, -0.2) is 27.2 Å². The van der Waals surface area contributed by atoms with Crippen LogP contribution in [0.3, 0.4) is 0 Å². The zero-order valence-electron chi connectivity index (χ0n) is 15.6. The fourth-order valence-corrected chi connectivity index (χ4v) is 2.88. The molecule has 1 aromatic carbocycles. The van der Waals surface area contributed by atoms with Crippen molar-refractivity contribution in [2.45, 2.75) is 13.5 Å². The largest absolute Gasteiger partial charge is 1.00 e. The molecule has 0 spiro atoms. The third-order valence-electron chi connectivity index (χ3n) is 4.17. The van der Waals surface area contributed by atoms with Gasteiger partial charge in [0.15, 0.2) is 0 Å². The van der Waals surface area contributed by atoms with Gasteiger partial charge in [-0.05, 0) is 25.1 Å². The van der Waals surface area contributed by atoms with Gasteiger partial charge in [-0.15, -0.1) is 10.2 Å². The Bertz CT molecular complexity index is 903. The summed E-state index contributed by atoms with van der Waals surface area (Å²) in [5, 5.41) is 8.93. The number of halogens is 2. The Morgan fingerprint density at radius 2 is 2.07 bits per heavy atom. The van der Waals surface area contributed by atoms with Gasteiger partial charge < -0.3 is 26.4 Å². The van der Waals surface area contributed by atoms with E-state index in [0.717, 1.165) is 25.3 Å². The molecule has 0 aliphatic heterocycles. The van der Waals surface area contributed by atoms with Crippen LogP contribution >= 0.6 is 11.6 Å². The number of hydrogen-bond donors (Lipinski definition) is 0. The van der Waals surface area contributed by atoms with Gasteiger partial charge in [-0.3, -0.25) is 0 Å². The van der Waals surface area contributed by atoms with E-state index in [4.69, 9.17) is 11.6 Å². The van der Waals surface area contributed by atoms with Crippen molar-refractivity contribution in [2.75, 3.05) is 18.0 Å². The van der Waals surface area contributed by atoms with E-state index in [0.29, 0.717) is 16.7 Å². The van der Waals surface area contributed by atoms with E-state index >= 15 is 0 Å². The quantitative estimate of drug-likeness (QED) is 0.390. The third-order valence-corrected chi connectivity index (χ3v) is 4.48. The highest BCUT2D eigenvalue weighted by Crippen LogP contribution is 2.30. The van der Waals surface area contributed by atoms with E-state index in [1.54, 1.807) is 10.8 Å². The van der Waals surface area contributed by atoms with Gasteiger partial charge in [-0.25, -0.2) is 14.1 Å². The normalized spacial score (nSPS) is 11.0. The Balaban J connectivity index is 0.00000261. The van der Waals surface area contributed by atoms with Crippen LogP contribution < -0.4 is 26.4 Å². The lowest BCUT2D eigenvalue weighted by atomic mass is 10.2. The van der Waals surface area contributed by atoms with Crippen molar-refractivity contribution in [3.63, 3.8) is 0 Å². The van der Waals surface area contributed by atoms with Gasteiger partial charge in [0.05, 0.1) is 18.6 Å². The van der Waals surface area contributed by atoms with Gasteiger partial charge in [0.25, 0.3) is 0 Å². The summed E-state index contributed by atoms with van der Waals surface area (Å²) in [7, 11) is 3.89. The summed E-state index contributed by atoms with van der Waals surface area (Å²) in [5.41, 5.74) is 1.71. The number of benzene rings is 1. The maximum atomic E-state index is 6.41. The second-order valence-electron chi connectivity index (χ2n) is 6.07. The van der Waals surface area contributed by atoms with Crippen molar-refractivity contribution in [3.8, 4) is 0 Å². The van der Waals surface area contributed by atoms with E-state index in [1.807, 2.05) is 49.3 Å². The van der Waals surface area contributed by atoms with Crippen LogP contribution in [0, 0.1) is 0 Å². The van der Waals surface area contributed by atoms with Crippen molar-refractivity contribution < 1.29 is 21.5 Å². The molecule has 2 aromatic heterocycles. The van der Waals surface area contributed by atoms with Gasteiger partial charge in [0, 0.05) is 31.7 Å². The summed E-state index contributed by atoms with van der Waals surface area (Å²) in [5.74, 6) is 0.542. The number of azo groups is 1. The lowest BCUT2D eigenvalue weighted by Crippen LogP contribution is -3.00. The molecule has 2 heterocycles. The Kier molecular flexibility index (Phi) is 7.55. The minimum Gasteiger partial charge on any atom is -1.00 e. The molecule has 0 bridgehead atoms. The average molecular weight is 453 g/mol. The molecular formula is C18H23BrClN7. The smallest absolute Gasteiger partial charge is 0.249 e. The molecule has 3 rings (SSSR count). The lowest BCUT2D eigenvalue weighted by Gasteiger charge is -2.22. The van der Waals surface area contributed by atoms with Gasteiger partial charge in [-0.1, -0.05) is 11.6 Å². The van der Waals surface area contributed by atoms with Crippen LogP contribution in [0.2, 0.25) is 5.02 Å². The zero-order valence-corrected chi connectivity index (χ0v) is 18.0. The molecule has 0 aliphatic carbocycles. The Hall–Kier alpha value is -2.19. The molecule has 7 nitrogen and oxygen atoms in total. The molecule has 0 saturated carbocycles. The van der Waals surface area contributed by atoms with Crippen molar-refractivity contribution in [3.05, 3.63) is 54.3 Å². The molecule has 144 valence electrons. The first-order valence-corrected chi connectivity index (χ1v) is 8.89. The van der Waals surface area contributed by atoms with E-state index in [9.17, 15) is 0 Å². The SMILES string of the molecule is CCN(CCn1cc[n+](C)c1)c1ccc(N=Nc2nccn2C)c(Cl)c1.[Br-]. The summed E-state index contributed by atoms with van der Waals surface area (Å²) in [6.07, 6.45) is 9.68. The number of imidazole rings is 2. The van der Waals surface area contributed by atoms with Crippen molar-refractivity contribution in [1.82, 2.24) is 14.1 Å². The minimum absolute atomic E-state index is 0. The molecule has 9 heteroatoms. The first-order valence-electron chi connectivity index (χ1n) is 8.51. The summed E-state index contributed by atoms with van der Waals surface area (Å²) < 4.78 is 6.00. The molecule has 0 atom stereocenters. The van der Waals surface area contributed by atoms with Gasteiger partial charge in [-0.2, -0.15) is 0 Å². The van der Waals surface area contributed by atoms with Crippen molar-refractivity contribution in [1.29, 1.82) is 0 Å². The van der Waals surface area contributed by atoms with Crippen LogP contribution in [0.5, 0.6) is 0 Å². The lowest BCUT2D eigenvalue weighted by molar-refractivity contribution is -0.671. The van der Waals surface area contributed by atoms with Crippen LogP contribution in [-0.2, 0) is 20.6 Å². The maximum absolute atomic E-state index is 6.41. The summed E-state index contributed by atoms with van der Waals surface area (Å²) in [6, 6.07) is 5.85. The topological polar surface area (TPSA) is 54.6 Å². The van der Waals surface area contributed by atoms with E-state index in [1.165, 1.54) is 0 Å². The second kappa shape index (κ2) is 9.66. The van der Waals surface area contributed by atoms with E-state index < -0.39 is 0 Å². The highest BCUT2D eigenvalue weighted by Gasteiger charge is 2.10. The standard InChI is InChI=1S/C18H23ClN7.BrH/c1-4-26(12-11-25-10-9-23(2)14-25)15-5-6-17(16(19)13-15)21-22-18-20-7-8-24(18)3;/h5-10,13-14H,4,11-12H2,1-3H3;1H/q+1;/p-1. The number of likely N-dealkylation sites (N-methyl/N-ethyl adjacent to an activating group) is 1. The second-order valence-corrected chi connectivity index (χ2v) is 6.48. The molecule has 0 fully saturated rings. The highest BCUT2D eigenvalue weighted by molar-refractivity contribution is 6.33. The van der Waals surface area contributed by atoms with Crippen LogP contribution in [0.15, 0.2) is 59.5 Å². The molecule has 27 heavy (non-hydrogen) atoms. The zero-order chi connectivity index (χ0) is 18.5. The molecule has 0 unspecified atom stereocenters. The van der Waals surface area contributed by atoms with Crippen LogP contribution in [0.25, 0.3) is 0 Å². The number of aromatic nitrogens is 4. The first kappa shape index (κ1) is 21.1. The molecule has 0 radical (unpaired) electrons. The summed E-state index contributed by atoms with van der Waals surface area (Å²) in [4.78, 5) is 6.40. The molecule has 0 N–H and O–H groups in total. The number of hydrogen-bond acceptors (Lipinski definition) is 4. The van der Waals surface area contributed by atoms with E-state index in [-0.39, 0.29) is 17.0 Å². The Labute approximate surface area is 174 Å². The molecule has 0 aliphatic rings. The Morgan fingerprint density at radius 1 is 1.26 bits per heavy atom. The third kappa shape index (κ3) is 5.40. The van der Waals surface area contributed by atoms with Gasteiger partial charge in [0.2, 0.25) is 12.3 Å². The van der Waals surface area contributed by atoms with Crippen LogP contribution in [0.4, 0.5) is 17.3 Å². The van der Waals surface area contributed by atoms with Gasteiger partial charge in [0.1, 0.15) is 24.6 Å². The number of aryl methyl sites for hydroxylation is 2. The van der Waals surface area contributed by atoms with Crippen molar-refractivity contribution >= 4 is 28.9 Å². The fourth-order valence-electron chi connectivity index (χ4n) is 2.67. The van der Waals surface area contributed by atoms with Crippen LogP contribution in [0.1, 0.15) is 6.92 Å². The predicted octanol–water partition coefficient (Wildman–Crippen LogP) is 0.645. The van der Waals surface area contributed by atoms with E-state index in [2.05, 4.69) is 44.1 Å². The Morgan fingerprint density at radius 3 is 2.67 bits per heavy atom. The number of rotatable bonds is 7. The predicted molar refractivity (Wildman–Crippen MR) is 102 cm³/mol. The highest BCUT2D eigenvalue weighted by atomic mass is 79.9. The number of nitrogens with zero attached hydrogens (tertiary/aromatic N) is 7.